The van der Waals surface area contributed by atoms with Gasteiger partial charge in [-0.25, -0.2) is 4.98 Å². The Kier molecular flexibility index (Phi) is 6.78. The number of carbonyl (C=O) groups excluding carboxylic acids is 2. The van der Waals surface area contributed by atoms with E-state index in [1.807, 2.05) is 24.3 Å². The summed E-state index contributed by atoms with van der Waals surface area (Å²) in [5.74, 6) is 0.386. The van der Waals surface area contributed by atoms with Crippen LogP contribution in [0, 0.1) is 0 Å². The molecule has 2 N–H and O–H groups in total. The molecule has 0 unspecified atom stereocenters. The minimum Gasteiger partial charge on any atom is -0.484 e. The van der Waals surface area contributed by atoms with Gasteiger partial charge in [0.05, 0.1) is 6.61 Å². The molecule has 0 bridgehead atoms. The van der Waals surface area contributed by atoms with Crippen molar-refractivity contribution in [3.8, 4) is 5.75 Å². The van der Waals surface area contributed by atoms with Crippen molar-refractivity contribution in [1.82, 2.24) is 15.6 Å². The van der Waals surface area contributed by atoms with Gasteiger partial charge in [-0.3, -0.25) is 9.59 Å². The highest BCUT2D eigenvalue weighted by Gasteiger charge is 2.23. The number of hydrogen-bond acceptors (Lipinski definition) is 6. The van der Waals surface area contributed by atoms with Crippen LogP contribution in [0.25, 0.3) is 0 Å². The molecule has 1 aliphatic rings. The predicted molar refractivity (Wildman–Crippen MR) is 102 cm³/mol. The van der Waals surface area contributed by atoms with E-state index in [-0.39, 0.29) is 18.4 Å². The Labute approximate surface area is 162 Å². The highest BCUT2D eigenvalue weighted by Crippen LogP contribution is 2.18. The lowest BCUT2D eigenvalue weighted by Gasteiger charge is -2.08. The molecule has 144 valence electrons. The second kappa shape index (κ2) is 9.48. The van der Waals surface area contributed by atoms with Crippen LogP contribution in [-0.4, -0.2) is 43.1 Å². The molecule has 1 aromatic carbocycles. The fourth-order valence-corrected chi connectivity index (χ4v) is 3.16. The highest BCUT2D eigenvalue weighted by atomic mass is 32.1. The maximum absolute atomic E-state index is 12.1. The van der Waals surface area contributed by atoms with Crippen LogP contribution in [0.3, 0.4) is 0 Å². The van der Waals surface area contributed by atoms with Crippen LogP contribution in [-0.2, 0) is 22.6 Å². The van der Waals surface area contributed by atoms with Crippen molar-refractivity contribution in [3.05, 3.63) is 45.9 Å². The molecular formula is C19H23N3O4S. The van der Waals surface area contributed by atoms with Crippen molar-refractivity contribution in [2.24, 2.45) is 0 Å². The van der Waals surface area contributed by atoms with Crippen molar-refractivity contribution in [2.45, 2.75) is 31.9 Å². The second-order valence-corrected chi connectivity index (χ2v) is 7.28. The number of nitrogens with zero attached hydrogens (tertiary/aromatic N) is 1. The first-order chi connectivity index (χ1) is 13.1. The monoisotopic (exact) mass is 389 g/mol. The lowest BCUT2D eigenvalue weighted by atomic mass is 10.1. The summed E-state index contributed by atoms with van der Waals surface area (Å²) in [5.41, 5.74) is 1.49. The van der Waals surface area contributed by atoms with Crippen LogP contribution in [0.1, 0.15) is 33.9 Å². The van der Waals surface area contributed by atoms with Crippen molar-refractivity contribution >= 4 is 23.2 Å². The number of rotatable bonds is 10. The summed E-state index contributed by atoms with van der Waals surface area (Å²) in [6.07, 6.45) is 2.82. The number of benzene rings is 1. The Balaban J connectivity index is 1.37. The molecule has 1 heterocycles. The largest absolute Gasteiger partial charge is 0.484 e. The molecule has 1 aromatic heterocycles. The van der Waals surface area contributed by atoms with Gasteiger partial charge in [-0.2, -0.15) is 0 Å². The van der Waals surface area contributed by atoms with E-state index in [1.54, 1.807) is 12.5 Å². The zero-order valence-electron chi connectivity index (χ0n) is 15.2. The molecule has 8 heteroatoms. The molecule has 0 radical (unpaired) electrons. The lowest BCUT2D eigenvalue weighted by Crippen LogP contribution is -2.30. The SMILES string of the molecule is COCc1nc(C(=O)NCCc2ccc(OCC(=O)NC3CC3)cc2)cs1. The summed E-state index contributed by atoms with van der Waals surface area (Å²) >= 11 is 1.41. The number of carbonyl (C=O) groups is 2. The van der Waals surface area contributed by atoms with E-state index in [1.165, 1.54) is 11.3 Å². The van der Waals surface area contributed by atoms with E-state index in [9.17, 15) is 9.59 Å². The van der Waals surface area contributed by atoms with Crippen molar-refractivity contribution in [1.29, 1.82) is 0 Å². The number of nitrogens with one attached hydrogen (secondary N) is 2. The topological polar surface area (TPSA) is 89.6 Å². The van der Waals surface area contributed by atoms with E-state index in [0.29, 0.717) is 37.1 Å². The van der Waals surface area contributed by atoms with Gasteiger partial charge in [0.15, 0.2) is 6.61 Å². The standard InChI is InChI=1S/C19H23N3O4S/c1-25-11-18-22-16(12-27-18)19(24)20-9-8-13-2-6-15(7-3-13)26-10-17(23)21-14-4-5-14/h2-3,6-7,12,14H,4-5,8-11H2,1H3,(H,20,24)(H,21,23). The van der Waals surface area contributed by atoms with Gasteiger partial charge >= 0.3 is 0 Å². The summed E-state index contributed by atoms with van der Waals surface area (Å²) in [5, 5.41) is 8.26. The van der Waals surface area contributed by atoms with Crippen LogP contribution in [0.15, 0.2) is 29.6 Å². The van der Waals surface area contributed by atoms with Gasteiger partial charge in [0, 0.05) is 25.1 Å². The smallest absolute Gasteiger partial charge is 0.270 e. The number of methoxy groups -OCH3 is 1. The third kappa shape index (κ3) is 6.33. The third-order valence-corrected chi connectivity index (χ3v) is 4.81. The van der Waals surface area contributed by atoms with E-state index in [0.717, 1.165) is 23.4 Å². The van der Waals surface area contributed by atoms with E-state index in [2.05, 4.69) is 15.6 Å². The first-order valence-corrected chi connectivity index (χ1v) is 9.74. The molecule has 0 atom stereocenters. The Morgan fingerprint density at radius 1 is 1.26 bits per heavy atom. The van der Waals surface area contributed by atoms with Crippen molar-refractivity contribution < 1.29 is 19.1 Å². The summed E-state index contributed by atoms with van der Waals surface area (Å²) in [7, 11) is 1.60. The van der Waals surface area contributed by atoms with Gasteiger partial charge in [-0.05, 0) is 37.0 Å². The van der Waals surface area contributed by atoms with Crippen LogP contribution in [0.4, 0.5) is 0 Å². The quantitative estimate of drug-likeness (QED) is 0.648. The van der Waals surface area contributed by atoms with Crippen LogP contribution in [0.2, 0.25) is 0 Å². The fourth-order valence-electron chi connectivity index (χ4n) is 2.41. The van der Waals surface area contributed by atoms with Gasteiger partial charge in [-0.1, -0.05) is 12.1 Å². The zero-order chi connectivity index (χ0) is 19.1. The lowest BCUT2D eigenvalue weighted by molar-refractivity contribution is -0.123. The van der Waals surface area contributed by atoms with Gasteiger partial charge in [0.2, 0.25) is 0 Å². The number of thiazole rings is 1. The molecule has 7 nitrogen and oxygen atoms in total. The third-order valence-electron chi connectivity index (χ3n) is 3.99. The molecule has 3 rings (SSSR count). The van der Waals surface area contributed by atoms with Crippen LogP contribution < -0.4 is 15.4 Å². The number of aromatic nitrogens is 1. The average Bonchev–Trinajstić information content (AvgIpc) is 3.35. The molecule has 2 aromatic rings. The normalized spacial score (nSPS) is 13.2. The molecule has 0 spiro atoms. The van der Waals surface area contributed by atoms with Crippen molar-refractivity contribution in [3.63, 3.8) is 0 Å². The van der Waals surface area contributed by atoms with Crippen molar-refractivity contribution in [2.75, 3.05) is 20.3 Å². The molecule has 2 amide bonds. The van der Waals surface area contributed by atoms with Gasteiger partial charge in [0.25, 0.3) is 11.8 Å². The van der Waals surface area contributed by atoms with E-state index >= 15 is 0 Å². The molecular weight excluding hydrogens is 366 g/mol. The number of hydrogen-bond donors (Lipinski definition) is 2. The highest BCUT2D eigenvalue weighted by molar-refractivity contribution is 7.09. The minimum absolute atomic E-state index is 0.0323. The fraction of sp³-hybridized carbons (Fsp3) is 0.421. The maximum Gasteiger partial charge on any atom is 0.270 e. The minimum atomic E-state index is -0.185. The Morgan fingerprint density at radius 2 is 2.04 bits per heavy atom. The molecule has 1 saturated carbocycles. The van der Waals surface area contributed by atoms with E-state index in [4.69, 9.17) is 9.47 Å². The summed E-state index contributed by atoms with van der Waals surface area (Å²) < 4.78 is 10.5. The summed E-state index contributed by atoms with van der Waals surface area (Å²) in [6, 6.07) is 7.87. The van der Waals surface area contributed by atoms with E-state index < -0.39 is 0 Å². The maximum atomic E-state index is 12.1. The molecule has 27 heavy (non-hydrogen) atoms. The Morgan fingerprint density at radius 3 is 2.74 bits per heavy atom. The second-order valence-electron chi connectivity index (χ2n) is 6.34. The van der Waals surface area contributed by atoms with Gasteiger partial charge in [-0.15, -0.1) is 11.3 Å². The van der Waals surface area contributed by atoms with Crippen LogP contribution >= 0.6 is 11.3 Å². The predicted octanol–water partition coefficient (Wildman–Crippen LogP) is 1.92. The molecule has 1 aliphatic carbocycles. The Hall–Kier alpha value is -2.45. The summed E-state index contributed by atoms with van der Waals surface area (Å²) in [6.45, 7) is 0.958. The molecule has 0 aliphatic heterocycles. The average molecular weight is 389 g/mol. The summed E-state index contributed by atoms with van der Waals surface area (Å²) in [4.78, 5) is 27.9. The Bertz CT molecular complexity index is 772. The van der Waals surface area contributed by atoms with Gasteiger partial charge in [0.1, 0.15) is 16.5 Å². The first kappa shape index (κ1) is 19.3. The first-order valence-electron chi connectivity index (χ1n) is 8.86. The number of ether oxygens (including phenoxy) is 2. The molecule has 0 saturated heterocycles. The number of amides is 2. The zero-order valence-corrected chi connectivity index (χ0v) is 16.0. The molecule has 1 fully saturated rings. The van der Waals surface area contributed by atoms with Gasteiger partial charge < -0.3 is 20.1 Å². The van der Waals surface area contributed by atoms with Crippen LogP contribution in [0.5, 0.6) is 5.75 Å².